The minimum Gasteiger partial charge on any atom is -0.396 e. The molecule has 0 aliphatic heterocycles. The van der Waals surface area contributed by atoms with Gasteiger partial charge in [0.2, 0.25) is 0 Å². The number of nitrogens with two attached hydrogens (primary N) is 1. The van der Waals surface area contributed by atoms with Gasteiger partial charge in [-0.2, -0.15) is 0 Å². The SMILES string of the molecule is CC(CCO)Nc1cncc(N)n1. The van der Waals surface area contributed by atoms with E-state index in [2.05, 4.69) is 15.3 Å². The van der Waals surface area contributed by atoms with Gasteiger partial charge >= 0.3 is 0 Å². The van der Waals surface area contributed by atoms with Crippen LogP contribution in [0.2, 0.25) is 0 Å². The van der Waals surface area contributed by atoms with E-state index in [1.807, 2.05) is 6.92 Å². The Kier molecular flexibility index (Phi) is 3.45. The van der Waals surface area contributed by atoms with Crippen LogP contribution in [0, 0.1) is 0 Å². The van der Waals surface area contributed by atoms with E-state index in [1.165, 1.54) is 6.20 Å². The lowest BCUT2D eigenvalue weighted by molar-refractivity contribution is 0.282. The second kappa shape index (κ2) is 4.61. The molecule has 1 unspecified atom stereocenters. The zero-order valence-electron chi connectivity index (χ0n) is 7.57. The maximum Gasteiger partial charge on any atom is 0.147 e. The molecule has 1 atom stereocenters. The molecule has 0 spiro atoms. The molecule has 0 amide bonds. The molecule has 4 N–H and O–H groups in total. The summed E-state index contributed by atoms with van der Waals surface area (Å²) in [5.41, 5.74) is 5.45. The van der Waals surface area contributed by atoms with Crippen LogP contribution in [0.3, 0.4) is 0 Å². The molecule has 72 valence electrons. The Morgan fingerprint density at radius 2 is 2.38 bits per heavy atom. The smallest absolute Gasteiger partial charge is 0.147 e. The Balaban J connectivity index is 2.53. The summed E-state index contributed by atoms with van der Waals surface area (Å²) in [6.45, 7) is 2.12. The van der Waals surface area contributed by atoms with Crippen molar-refractivity contribution in [2.24, 2.45) is 0 Å². The van der Waals surface area contributed by atoms with E-state index in [1.54, 1.807) is 6.20 Å². The van der Waals surface area contributed by atoms with Gasteiger partial charge < -0.3 is 16.2 Å². The van der Waals surface area contributed by atoms with Gasteiger partial charge in [0.1, 0.15) is 11.6 Å². The Hall–Kier alpha value is -1.36. The Morgan fingerprint density at radius 3 is 3.00 bits per heavy atom. The second-order valence-electron chi connectivity index (χ2n) is 2.89. The summed E-state index contributed by atoms with van der Waals surface area (Å²) in [5, 5.41) is 11.7. The summed E-state index contributed by atoms with van der Waals surface area (Å²) in [4.78, 5) is 7.90. The highest BCUT2D eigenvalue weighted by molar-refractivity contribution is 5.38. The molecule has 0 saturated heterocycles. The molecule has 1 aromatic heterocycles. The minimum atomic E-state index is 0.157. The molecule has 0 aromatic carbocycles. The molecule has 5 nitrogen and oxygen atoms in total. The minimum absolute atomic E-state index is 0.157. The molecule has 0 bridgehead atoms. The summed E-state index contributed by atoms with van der Waals surface area (Å²) in [6.07, 6.45) is 3.77. The lowest BCUT2D eigenvalue weighted by Gasteiger charge is -2.12. The number of nitrogens with zero attached hydrogens (tertiary/aromatic N) is 2. The fraction of sp³-hybridized carbons (Fsp3) is 0.500. The van der Waals surface area contributed by atoms with Crippen molar-refractivity contribution in [2.75, 3.05) is 17.7 Å². The van der Waals surface area contributed by atoms with Crippen molar-refractivity contribution < 1.29 is 5.11 Å². The first-order chi connectivity index (χ1) is 6.22. The summed E-state index contributed by atoms with van der Waals surface area (Å²) >= 11 is 0. The van der Waals surface area contributed by atoms with Gasteiger partial charge in [0.05, 0.1) is 12.4 Å². The first-order valence-electron chi connectivity index (χ1n) is 4.17. The number of rotatable bonds is 4. The van der Waals surface area contributed by atoms with Crippen LogP contribution in [0.4, 0.5) is 11.6 Å². The number of anilines is 2. The predicted molar refractivity (Wildman–Crippen MR) is 51.2 cm³/mol. The average Bonchev–Trinajstić information content (AvgIpc) is 2.04. The fourth-order valence-electron chi connectivity index (χ4n) is 0.969. The first-order valence-corrected chi connectivity index (χ1v) is 4.17. The Bertz CT molecular complexity index is 266. The molecular weight excluding hydrogens is 168 g/mol. The third-order valence-electron chi connectivity index (χ3n) is 1.61. The average molecular weight is 182 g/mol. The molecule has 0 saturated carbocycles. The van der Waals surface area contributed by atoms with E-state index in [0.717, 1.165) is 0 Å². The monoisotopic (exact) mass is 182 g/mol. The van der Waals surface area contributed by atoms with Crippen LogP contribution in [0.5, 0.6) is 0 Å². The fourth-order valence-corrected chi connectivity index (χ4v) is 0.969. The van der Waals surface area contributed by atoms with Gasteiger partial charge in [-0.1, -0.05) is 0 Å². The van der Waals surface area contributed by atoms with Gasteiger partial charge in [-0.15, -0.1) is 0 Å². The maximum absolute atomic E-state index is 8.67. The Morgan fingerprint density at radius 1 is 1.62 bits per heavy atom. The predicted octanol–water partition coefficient (Wildman–Crippen LogP) is 0.242. The maximum atomic E-state index is 8.67. The van der Waals surface area contributed by atoms with Crippen molar-refractivity contribution in [1.82, 2.24) is 9.97 Å². The molecular formula is C8H14N4O. The molecule has 0 aliphatic rings. The summed E-state index contributed by atoms with van der Waals surface area (Å²) in [7, 11) is 0. The quantitative estimate of drug-likeness (QED) is 0.621. The number of aromatic nitrogens is 2. The van der Waals surface area contributed by atoms with Crippen LogP contribution < -0.4 is 11.1 Å². The largest absolute Gasteiger partial charge is 0.396 e. The molecule has 5 heteroatoms. The topological polar surface area (TPSA) is 84.1 Å². The van der Waals surface area contributed by atoms with Crippen LogP contribution in [0.1, 0.15) is 13.3 Å². The van der Waals surface area contributed by atoms with Crippen molar-refractivity contribution in [1.29, 1.82) is 0 Å². The highest BCUT2D eigenvalue weighted by atomic mass is 16.3. The van der Waals surface area contributed by atoms with E-state index < -0.39 is 0 Å². The number of nitrogen functional groups attached to an aromatic ring is 1. The molecule has 0 aliphatic carbocycles. The van der Waals surface area contributed by atoms with Crippen LogP contribution in [-0.2, 0) is 0 Å². The molecule has 0 fully saturated rings. The molecule has 1 aromatic rings. The van der Waals surface area contributed by atoms with Crippen LogP contribution in [0.15, 0.2) is 12.4 Å². The summed E-state index contributed by atoms with van der Waals surface area (Å²) in [6, 6.07) is 0.168. The Labute approximate surface area is 77.0 Å². The number of hydrogen-bond donors (Lipinski definition) is 3. The number of nitrogens with one attached hydrogen (secondary N) is 1. The normalized spacial score (nSPS) is 12.5. The third kappa shape index (κ3) is 3.25. The van der Waals surface area contributed by atoms with Gasteiger partial charge in [-0.3, -0.25) is 4.98 Å². The van der Waals surface area contributed by atoms with Gasteiger partial charge in [-0.05, 0) is 13.3 Å². The van der Waals surface area contributed by atoms with Crippen LogP contribution >= 0.6 is 0 Å². The lowest BCUT2D eigenvalue weighted by Crippen LogP contribution is -2.17. The lowest BCUT2D eigenvalue weighted by atomic mass is 10.2. The molecule has 1 rings (SSSR count). The van der Waals surface area contributed by atoms with Gasteiger partial charge in [0, 0.05) is 12.6 Å². The van der Waals surface area contributed by atoms with E-state index in [0.29, 0.717) is 18.1 Å². The molecule has 0 radical (unpaired) electrons. The van der Waals surface area contributed by atoms with Crippen LogP contribution in [-0.4, -0.2) is 27.7 Å². The number of aliphatic hydroxyl groups is 1. The van der Waals surface area contributed by atoms with E-state index in [4.69, 9.17) is 10.8 Å². The van der Waals surface area contributed by atoms with Crippen molar-refractivity contribution in [2.45, 2.75) is 19.4 Å². The zero-order chi connectivity index (χ0) is 9.68. The standard InChI is InChI=1S/C8H14N4O/c1-6(2-3-13)11-8-5-10-4-7(9)12-8/h4-6,13H,2-3H2,1H3,(H3,9,11,12). The van der Waals surface area contributed by atoms with Gasteiger partial charge in [0.15, 0.2) is 0 Å². The molecule has 13 heavy (non-hydrogen) atoms. The van der Waals surface area contributed by atoms with Crippen LogP contribution in [0.25, 0.3) is 0 Å². The van der Waals surface area contributed by atoms with E-state index in [-0.39, 0.29) is 12.6 Å². The van der Waals surface area contributed by atoms with E-state index >= 15 is 0 Å². The molecule has 1 heterocycles. The number of aliphatic hydroxyl groups excluding tert-OH is 1. The number of hydrogen-bond acceptors (Lipinski definition) is 5. The highest BCUT2D eigenvalue weighted by Gasteiger charge is 2.01. The van der Waals surface area contributed by atoms with Crippen molar-refractivity contribution in [3.63, 3.8) is 0 Å². The van der Waals surface area contributed by atoms with Crippen molar-refractivity contribution in [3.8, 4) is 0 Å². The van der Waals surface area contributed by atoms with Gasteiger partial charge in [0.25, 0.3) is 0 Å². The highest BCUT2D eigenvalue weighted by Crippen LogP contribution is 2.05. The van der Waals surface area contributed by atoms with Gasteiger partial charge in [-0.25, -0.2) is 4.98 Å². The summed E-state index contributed by atoms with van der Waals surface area (Å²) < 4.78 is 0. The van der Waals surface area contributed by atoms with E-state index in [9.17, 15) is 0 Å². The van der Waals surface area contributed by atoms with Crippen molar-refractivity contribution in [3.05, 3.63) is 12.4 Å². The third-order valence-corrected chi connectivity index (χ3v) is 1.61. The second-order valence-corrected chi connectivity index (χ2v) is 2.89. The zero-order valence-corrected chi connectivity index (χ0v) is 7.57. The summed E-state index contributed by atoms with van der Waals surface area (Å²) in [5.74, 6) is 1.03. The van der Waals surface area contributed by atoms with Crippen molar-refractivity contribution >= 4 is 11.6 Å². The first kappa shape index (κ1) is 9.73.